The zero-order valence-corrected chi connectivity index (χ0v) is 20.9. The molecule has 186 valence electrons. The highest BCUT2D eigenvalue weighted by atomic mass is 16.5. The second-order valence-electron chi connectivity index (χ2n) is 9.51. The Morgan fingerprint density at radius 2 is 1.69 bits per heavy atom. The fourth-order valence-corrected chi connectivity index (χ4v) is 5.91. The van der Waals surface area contributed by atoms with Crippen LogP contribution in [0.4, 0.5) is 0 Å². The van der Waals surface area contributed by atoms with Gasteiger partial charge in [0.2, 0.25) is 0 Å². The van der Waals surface area contributed by atoms with Gasteiger partial charge in [-0.2, -0.15) is 0 Å². The minimum Gasteiger partial charge on any atom is -0.496 e. The van der Waals surface area contributed by atoms with Crippen LogP contribution in [-0.2, 0) is 10.2 Å². The maximum Gasteiger partial charge on any atom is 0.272 e. The fourth-order valence-electron chi connectivity index (χ4n) is 5.91. The summed E-state index contributed by atoms with van der Waals surface area (Å²) in [5.74, 6) is 0.279. The van der Waals surface area contributed by atoms with Crippen molar-refractivity contribution in [3.63, 3.8) is 0 Å². The van der Waals surface area contributed by atoms with Gasteiger partial charge in [0.15, 0.2) is 0 Å². The van der Waals surface area contributed by atoms with Gasteiger partial charge < -0.3 is 19.7 Å². The normalized spacial score (nSPS) is 20.1. The van der Waals surface area contributed by atoms with Crippen molar-refractivity contribution in [2.45, 2.75) is 37.3 Å². The minimum atomic E-state index is -0.315. The summed E-state index contributed by atoms with van der Waals surface area (Å²) in [4.78, 5) is 32.8. The number of aryl methyl sites for hydroxylation is 1. The first-order valence-corrected chi connectivity index (χ1v) is 12.3. The molecular formula is C29H31N3O4. The van der Waals surface area contributed by atoms with Crippen LogP contribution in [0.5, 0.6) is 5.75 Å². The third kappa shape index (κ3) is 4.03. The number of methoxy groups -OCH3 is 2. The molecule has 2 heterocycles. The molecule has 0 radical (unpaired) electrons. The average molecular weight is 486 g/mol. The number of para-hydroxylation sites is 1. The van der Waals surface area contributed by atoms with Gasteiger partial charge in [-0.25, -0.2) is 4.98 Å². The maximum absolute atomic E-state index is 13.3. The Kier molecular flexibility index (Phi) is 6.49. The standard InChI is InChI=1S/C29H31N3O4/c1-19-9-8-13-23(30-19)28(34)32-17-15-29(16-18-32)22-12-6-4-10-20(22)25(26(29)36-3)31-27(33)21-11-5-7-14-24(21)35-2/h4-14,25-26H,15-18H2,1-3H3,(H,31,33)/t25-,26+/m1/s1. The topological polar surface area (TPSA) is 80.8 Å². The first-order chi connectivity index (χ1) is 17.5. The maximum atomic E-state index is 13.3. The Hall–Kier alpha value is -3.71. The molecule has 0 unspecified atom stereocenters. The number of amides is 2. The van der Waals surface area contributed by atoms with Crippen molar-refractivity contribution < 1.29 is 19.1 Å². The number of nitrogens with zero attached hydrogens (tertiary/aromatic N) is 2. The van der Waals surface area contributed by atoms with Crippen LogP contribution in [0, 0.1) is 6.92 Å². The number of carbonyl (C=O) groups is 2. The van der Waals surface area contributed by atoms with Crippen LogP contribution in [0.15, 0.2) is 66.7 Å². The fraction of sp³-hybridized carbons (Fsp3) is 0.345. The summed E-state index contributed by atoms with van der Waals surface area (Å²) in [6.45, 7) is 3.08. The third-order valence-electron chi connectivity index (χ3n) is 7.62. The van der Waals surface area contributed by atoms with Crippen molar-refractivity contribution in [1.29, 1.82) is 0 Å². The molecule has 7 heteroatoms. The number of hydrogen-bond donors (Lipinski definition) is 1. The molecule has 2 amide bonds. The quantitative estimate of drug-likeness (QED) is 0.589. The van der Waals surface area contributed by atoms with Crippen LogP contribution in [0.1, 0.15) is 56.6 Å². The zero-order chi connectivity index (χ0) is 25.3. The summed E-state index contributed by atoms with van der Waals surface area (Å²) in [7, 11) is 3.26. The van der Waals surface area contributed by atoms with Crippen molar-refractivity contribution in [3.8, 4) is 5.75 Å². The number of aromatic nitrogens is 1. The molecule has 1 aliphatic heterocycles. The molecule has 2 atom stereocenters. The molecule has 1 N–H and O–H groups in total. The molecule has 36 heavy (non-hydrogen) atoms. The molecule has 0 bridgehead atoms. The van der Waals surface area contributed by atoms with Crippen molar-refractivity contribution in [3.05, 3.63) is 94.8 Å². The Bertz CT molecular complexity index is 1280. The summed E-state index contributed by atoms with van der Waals surface area (Å²) in [6.07, 6.45) is 1.21. The van der Waals surface area contributed by atoms with E-state index in [0.717, 1.165) is 24.1 Å². The lowest BCUT2D eigenvalue weighted by atomic mass is 9.71. The number of hydrogen-bond acceptors (Lipinski definition) is 5. The number of piperidine rings is 1. The number of likely N-dealkylation sites (tertiary alicyclic amines) is 1. The van der Waals surface area contributed by atoms with Crippen LogP contribution in [0.2, 0.25) is 0 Å². The number of rotatable bonds is 5. The molecule has 2 aromatic carbocycles. The van der Waals surface area contributed by atoms with E-state index in [-0.39, 0.29) is 29.4 Å². The molecular weight excluding hydrogens is 454 g/mol. The minimum absolute atomic E-state index is 0.0465. The van der Waals surface area contributed by atoms with Crippen LogP contribution in [0.3, 0.4) is 0 Å². The molecule has 2 aliphatic rings. The monoisotopic (exact) mass is 485 g/mol. The van der Waals surface area contributed by atoms with E-state index in [4.69, 9.17) is 9.47 Å². The van der Waals surface area contributed by atoms with Crippen molar-refractivity contribution >= 4 is 11.8 Å². The predicted molar refractivity (Wildman–Crippen MR) is 136 cm³/mol. The molecule has 5 rings (SSSR count). The third-order valence-corrected chi connectivity index (χ3v) is 7.62. The molecule has 3 aromatic rings. The summed E-state index contributed by atoms with van der Waals surface area (Å²) in [6, 6.07) is 20.6. The van der Waals surface area contributed by atoms with Crippen molar-refractivity contribution in [1.82, 2.24) is 15.2 Å². The summed E-state index contributed by atoms with van der Waals surface area (Å²) in [5, 5.41) is 3.23. The van der Waals surface area contributed by atoms with E-state index in [0.29, 0.717) is 30.1 Å². The number of fused-ring (bicyclic) bond motifs is 2. The molecule has 1 aromatic heterocycles. The van der Waals surface area contributed by atoms with E-state index >= 15 is 0 Å². The smallest absolute Gasteiger partial charge is 0.272 e. The Labute approximate surface area is 211 Å². The van der Waals surface area contributed by atoms with E-state index in [2.05, 4.69) is 22.4 Å². The summed E-state index contributed by atoms with van der Waals surface area (Å²) < 4.78 is 11.5. The van der Waals surface area contributed by atoms with E-state index in [1.165, 1.54) is 5.56 Å². The second kappa shape index (κ2) is 9.74. The van der Waals surface area contributed by atoms with Crippen LogP contribution in [0.25, 0.3) is 0 Å². The van der Waals surface area contributed by atoms with E-state index in [9.17, 15) is 9.59 Å². The van der Waals surface area contributed by atoms with Crippen molar-refractivity contribution in [2.24, 2.45) is 0 Å². The number of ether oxygens (including phenoxy) is 2. The van der Waals surface area contributed by atoms with Gasteiger partial charge in [-0.1, -0.05) is 42.5 Å². The SMILES string of the molecule is COc1ccccc1C(=O)N[C@@H]1c2ccccc2C2(CCN(C(=O)c3cccc(C)n3)CC2)[C@H]1OC. The lowest BCUT2D eigenvalue weighted by molar-refractivity contribution is -0.00938. The van der Waals surface area contributed by atoms with E-state index < -0.39 is 0 Å². The van der Waals surface area contributed by atoms with Crippen LogP contribution in [-0.4, -0.2) is 55.1 Å². The highest BCUT2D eigenvalue weighted by Crippen LogP contribution is 2.52. The highest BCUT2D eigenvalue weighted by molar-refractivity contribution is 5.97. The van der Waals surface area contributed by atoms with Crippen LogP contribution < -0.4 is 10.1 Å². The van der Waals surface area contributed by atoms with Gasteiger partial charge in [0, 0.05) is 31.3 Å². The molecule has 1 spiro atoms. The molecule has 7 nitrogen and oxygen atoms in total. The second-order valence-corrected chi connectivity index (χ2v) is 9.51. The lowest BCUT2D eigenvalue weighted by Gasteiger charge is -2.44. The van der Waals surface area contributed by atoms with Gasteiger partial charge in [0.25, 0.3) is 11.8 Å². The Morgan fingerprint density at radius 3 is 2.42 bits per heavy atom. The first kappa shape index (κ1) is 24.0. The molecule has 1 aliphatic carbocycles. The first-order valence-electron chi connectivity index (χ1n) is 12.3. The van der Waals surface area contributed by atoms with Gasteiger partial charge in [-0.15, -0.1) is 0 Å². The highest BCUT2D eigenvalue weighted by Gasteiger charge is 2.54. The lowest BCUT2D eigenvalue weighted by Crippen LogP contribution is -2.51. The molecule has 0 saturated carbocycles. The zero-order valence-electron chi connectivity index (χ0n) is 20.9. The van der Waals surface area contributed by atoms with E-state index in [1.54, 1.807) is 32.4 Å². The summed E-state index contributed by atoms with van der Waals surface area (Å²) in [5.41, 5.74) is 3.73. The largest absolute Gasteiger partial charge is 0.496 e. The van der Waals surface area contributed by atoms with Gasteiger partial charge in [-0.05, 0) is 55.2 Å². The van der Waals surface area contributed by atoms with Gasteiger partial charge >= 0.3 is 0 Å². The number of benzene rings is 2. The Morgan fingerprint density at radius 1 is 0.972 bits per heavy atom. The average Bonchev–Trinajstić information content (AvgIpc) is 3.16. The predicted octanol–water partition coefficient (Wildman–Crippen LogP) is 4.07. The van der Waals surface area contributed by atoms with Gasteiger partial charge in [0.1, 0.15) is 11.4 Å². The number of nitrogens with one attached hydrogen (secondary N) is 1. The number of carbonyl (C=O) groups excluding carboxylic acids is 2. The molecule has 1 saturated heterocycles. The van der Waals surface area contributed by atoms with Gasteiger partial charge in [0.05, 0.1) is 24.8 Å². The Balaban J connectivity index is 1.41. The van der Waals surface area contributed by atoms with Crippen LogP contribution >= 0.6 is 0 Å². The van der Waals surface area contributed by atoms with Crippen molar-refractivity contribution in [2.75, 3.05) is 27.3 Å². The van der Waals surface area contributed by atoms with E-state index in [1.807, 2.05) is 48.2 Å². The summed E-state index contributed by atoms with van der Waals surface area (Å²) >= 11 is 0. The molecule has 1 fully saturated rings. The number of pyridine rings is 1. The van der Waals surface area contributed by atoms with Gasteiger partial charge in [-0.3, -0.25) is 9.59 Å².